The number of hydrogen-bond donors (Lipinski definition) is 1. The number of ether oxygens (including phenoxy) is 2. The first-order valence-corrected chi connectivity index (χ1v) is 10.5. The Morgan fingerprint density at radius 1 is 1.13 bits per heavy atom. The van der Waals surface area contributed by atoms with E-state index in [0.717, 1.165) is 4.88 Å². The monoisotopic (exact) mass is 456 g/mol. The van der Waals surface area contributed by atoms with Crippen LogP contribution in [0.4, 0.5) is 10.1 Å². The number of rotatable bonds is 4. The number of halogens is 2. The molecule has 10 heteroatoms. The van der Waals surface area contributed by atoms with Gasteiger partial charge in [0.05, 0.1) is 21.3 Å². The van der Waals surface area contributed by atoms with Gasteiger partial charge in [0.15, 0.2) is 17.3 Å². The van der Waals surface area contributed by atoms with Crippen LogP contribution < -0.4 is 14.8 Å². The van der Waals surface area contributed by atoms with E-state index in [1.54, 1.807) is 24.3 Å². The van der Waals surface area contributed by atoms with Gasteiger partial charge in [-0.1, -0.05) is 23.7 Å². The summed E-state index contributed by atoms with van der Waals surface area (Å²) in [6.07, 6.45) is 0. The van der Waals surface area contributed by atoms with E-state index in [1.165, 1.54) is 28.2 Å². The molecule has 1 aliphatic heterocycles. The van der Waals surface area contributed by atoms with E-state index in [1.807, 2.05) is 17.5 Å². The number of aromatic nitrogens is 3. The minimum Gasteiger partial charge on any atom is -0.486 e. The van der Waals surface area contributed by atoms with Crippen LogP contribution in [0, 0.1) is 5.82 Å². The Morgan fingerprint density at radius 3 is 2.68 bits per heavy atom. The van der Waals surface area contributed by atoms with Crippen molar-refractivity contribution in [2.24, 2.45) is 0 Å². The molecular formula is C21H14ClFN4O3S. The van der Waals surface area contributed by atoms with Crippen molar-refractivity contribution < 1.29 is 18.7 Å². The zero-order valence-corrected chi connectivity index (χ0v) is 17.4. The van der Waals surface area contributed by atoms with E-state index < -0.39 is 11.7 Å². The Bertz CT molecular complexity index is 1280. The summed E-state index contributed by atoms with van der Waals surface area (Å²) >= 11 is 7.72. The summed E-state index contributed by atoms with van der Waals surface area (Å²) in [4.78, 5) is 18.1. The minimum atomic E-state index is -0.563. The molecule has 1 N–H and O–H groups in total. The molecule has 2 aromatic heterocycles. The number of amides is 1. The number of nitrogens with zero attached hydrogens (tertiary/aromatic N) is 3. The summed E-state index contributed by atoms with van der Waals surface area (Å²) in [5.74, 6) is 0.370. The SMILES string of the molecule is O=C(Nc1cc2c(cc1Cl)OCCO2)c1nc(-c2cccs2)n(-c2cccc(F)c2)n1. The Hall–Kier alpha value is -3.43. The average Bonchev–Trinajstić information content (AvgIpc) is 3.44. The van der Waals surface area contributed by atoms with Crippen molar-refractivity contribution in [1.29, 1.82) is 0 Å². The molecule has 0 saturated heterocycles. The van der Waals surface area contributed by atoms with Gasteiger partial charge >= 0.3 is 0 Å². The molecule has 4 aromatic rings. The van der Waals surface area contributed by atoms with Gasteiger partial charge in [-0.3, -0.25) is 4.79 Å². The molecule has 0 atom stereocenters. The number of anilines is 1. The number of carbonyl (C=O) groups is 1. The van der Waals surface area contributed by atoms with Gasteiger partial charge in [-0.05, 0) is 29.6 Å². The highest BCUT2D eigenvalue weighted by Gasteiger charge is 2.22. The number of nitrogens with one attached hydrogen (secondary N) is 1. The normalized spacial score (nSPS) is 12.6. The maximum absolute atomic E-state index is 13.8. The predicted octanol–water partition coefficient (Wildman–Crippen LogP) is 4.81. The van der Waals surface area contributed by atoms with Gasteiger partial charge < -0.3 is 14.8 Å². The molecule has 0 aliphatic carbocycles. The molecule has 0 spiro atoms. The minimum absolute atomic E-state index is 0.0846. The fourth-order valence-corrected chi connectivity index (χ4v) is 4.00. The molecule has 1 amide bonds. The maximum atomic E-state index is 13.8. The third kappa shape index (κ3) is 3.85. The Kier molecular flexibility index (Phi) is 5.05. The lowest BCUT2D eigenvalue weighted by Gasteiger charge is -2.19. The van der Waals surface area contributed by atoms with Crippen LogP contribution in [-0.2, 0) is 0 Å². The summed E-state index contributed by atoms with van der Waals surface area (Å²) in [5.41, 5.74) is 0.794. The Labute approximate surface area is 185 Å². The van der Waals surface area contributed by atoms with Gasteiger partial charge in [0.25, 0.3) is 5.91 Å². The topological polar surface area (TPSA) is 78.3 Å². The molecule has 0 bridgehead atoms. The highest BCUT2D eigenvalue weighted by molar-refractivity contribution is 7.13. The molecule has 3 heterocycles. The molecule has 31 heavy (non-hydrogen) atoms. The molecule has 0 saturated carbocycles. The van der Waals surface area contributed by atoms with Gasteiger partial charge in [-0.2, -0.15) is 0 Å². The van der Waals surface area contributed by atoms with Crippen molar-refractivity contribution in [1.82, 2.24) is 14.8 Å². The van der Waals surface area contributed by atoms with Crippen LogP contribution >= 0.6 is 22.9 Å². The predicted molar refractivity (Wildman–Crippen MR) is 115 cm³/mol. The summed E-state index contributed by atoms with van der Waals surface area (Å²) in [6, 6.07) is 12.8. The molecule has 2 aromatic carbocycles. The Balaban J connectivity index is 1.51. The highest BCUT2D eigenvalue weighted by atomic mass is 35.5. The van der Waals surface area contributed by atoms with Gasteiger partial charge in [-0.25, -0.2) is 14.1 Å². The van der Waals surface area contributed by atoms with Crippen molar-refractivity contribution in [2.45, 2.75) is 0 Å². The highest BCUT2D eigenvalue weighted by Crippen LogP contribution is 2.38. The lowest BCUT2D eigenvalue weighted by Crippen LogP contribution is -2.17. The second-order valence-corrected chi connectivity index (χ2v) is 7.91. The number of hydrogen-bond acceptors (Lipinski definition) is 6. The van der Waals surface area contributed by atoms with Crippen LogP contribution in [0.25, 0.3) is 16.4 Å². The van der Waals surface area contributed by atoms with Gasteiger partial charge in [0.1, 0.15) is 19.0 Å². The first-order chi connectivity index (χ1) is 15.1. The van der Waals surface area contributed by atoms with Crippen LogP contribution in [0.2, 0.25) is 5.02 Å². The molecule has 0 unspecified atom stereocenters. The number of thiophene rings is 1. The first-order valence-electron chi connectivity index (χ1n) is 9.26. The third-order valence-corrected chi connectivity index (χ3v) is 5.66. The maximum Gasteiger partial charge on any atom is 0.295 e. The van der Waals surface area contributed by atoms with Crippen molar-refractivity contribution in [3.63, 3.8) is 0 Å². The molecule has 0 fully saturated rings. The van der Waals surface area contributed by atoms with E-state index in [0.29, 0.717) is 46.9 Å². The number of carbonyl (C=O) groups excluding carboxylic acids is 1. The largest absolute Gasteiger partial charge is 0.486 e. The summed E-state index contributed by atoms with van der Waals surface area (Å²) < 4.78 is 26.3. The van der Waals surface area contributed by atoms with Crippen LogP contribution in [0.5, 0.6) is 11.5 Å². The van der Waals surface area contributed by atoms with Crippen molar-refractivity contribution in [3.8, 4) is 27.9 Å². The standard InChI is InChI=1S/C21H14ClFN4O3S/c22-14-10-16-17(30-7-6-29-16)11-15(14)24-21(28)19-25-20(18-5-2-8-31-18)27(26-19)13-4-1-3-12(23)9-13/h1-5,8-11H,6-7H2,(H,24,28). The van der Waals surface area contributed by atoms with Gasteiger partial charge in [0.2, 0.25) is 5.82 Å². The van der Waals surface area contributed by atoms with E-state index in [-0.39, 0.29) is 5.82 Å². The Morgan fingerprint density at radius 2 is 1.94 bits per heavy atom. The molecule has 1 aliphatic rings. The zero-order chi connectivity index (χ0) is 21.4. The second kappa shape index (κ2) is 8.01. The van der Waals surface area contributed by atoms with E-state index in [9.17, 15) is 9.18 Å². The number of fused-ring (bicyclic) bond motifs is 1. The summed E-state index contributed by atoms with van der Waals surface area (Å²) in [5, 5.41) is 9.21. The summed E-state index contributed by atoms with van der Waals surface area (Å²) in [7, 11) is 0. The van der Waals surface area contributed by atoms with Crippen LogP contribution in [0.1, 0.15) is 10.6 Å². The third-order valence-electron chi connectivity index (χ3n) is 4.48. The molecule has 7 nitrogen and oxygen atoms in total. The van der Waals surface area contributed by atoms with Crippen LogP contribution in [-0.4, -0.2) is 33.9 Å². The zero-order valence-electron chi connectivity index (χ0n) is 15.8. The van der Waals surface area contributed by atoms with Gasteiger partial charge in [-0.15, -0.1) is 16.4 Å². The van der Waals surface area contributed by atoms with E-state index >= 15 is 0 Å². The van der Waals surface area contributed by atoms with E-state index in [4.69, 9.17) is 21.1 Å². The number of benzene rings is 2. The molecule has 5 rings (SSSR count). The summed E-state index contributed by atoms with van der Waals surface area (Å²) in [6.45, 7) is 0.841. The van der Waals surface area contributed by atoms with Crippen molar-refractivity contribution >= 4 is 34.5 Å². The molecule has 156 valence electrons. The molecule has 0 radical (unpaired) electrons. The van der Waals surface area contributed by atoms with Gasteiger partial charge in [0, 0.05) is 12.1 Å². The quantitative estimate of drug-likeness (QED) is 0.476. The lowest BCUT2D eigenvalue weighted by atomic mass is 10.2. The fraction of sp³-hybridized carbons (Fsp3) is 0.0952. The average molecular weight is 457 g/mol. The fourth-order valence-electron chi connectivity index (χ4n) is 3.10. The second-order valence-electron chi connectivity index (χ2n) is 6.56. The first kappa shape index (κ1) is 19.5. The van der Waals surface area contributed by atoms with Crippen molar-refractivity contribution in [2.75, 3.05) is 18.5 Å². The lowest BCUT2D eigenvalue weighted by molar-refractivity contribution is 0.101. The smallest absolute Gasteiger partial charge is 0.295 e. The van der Waals surface area contributed by atoms with E-state index in [2.05, 4.69) is 15.4 Å². The van der Waals surface area contributed by atoms with Crippen LogP contribution in [0.15, 0.2) is 53.9 Å². The van der Waals surface area contributed by atoms with Crippen molar-refractivity contribution in [3.05, 3.63) is 70.6 Å². The molecular weight excluding hydrogens is 443 g/mol. The van der Waals surface area contributed by atoms with Crippen LogP contribution in [0.3, 0.4) is 0 Å².